The Morgan fingerprint density at radius 1 is 1.16 bits per heavy atom. The third-order valence-electron chi connectivity index (χ3n) is 7.34. The number of fused-ring (bicyclic) bond motifs is 1. The van der Waals surface area contributed by atoms with E-state index in [4.69, 9.17) is 15.2 Å². The van der Waals surface area contributed by atoms with Gasteiger partial charge in [-0.2, -0.15) is 18.3 Å². The van der Waals surface area contributed by atoms with E-state index in [1.807, 2.05) is 0 Å². The molecule has 14 heteroatoms. The smallest absolute Gasteiger partial charge is 0.424 e. The molecule has 224 valence electrons. The van der Waals surface area contributed by atoms with Crippen molar-refractivity contribution in [1.82, 2.24) is 20.5 Å². The number of pyridine rings is 1. The summed E-state index contributed by atoms with van der Waals surface area (Å²) in [5.74, 6) is -2.09. The van der Waals surface area contributed by atoms with Gasteiger partial charge in [-0.25, -0.2) is 9.37 Å². The number of hydrogen-bond acceptors (Lipinski definition) is 7. The van der Waals surface area contributed by atoms with Gasteiger partial charge in [-0.1, -0.05) is 12.1 Å². The highest BCUT2D eigenvalue weighted by Crippen LogP contribution is 2.47. The lowest BCUT2D eigenvalue weighted by Crippen LogP contribution is -2.52. The number of nitrogens with zero attached hydrogens (tertiary/aromatic N) is 2. The summed E-state index contributed by atoms with van der Waals surface area (Å²) in [7, 11) is 1.45. The van der Waals surface area contributed by atoms with Gasteiger partial charge < -0.3 is 25.6 Å². The van der Waals surface area contributed by atoms with Crippen LogP contribution in [0.3, 0.4) is 0 Å². The van der Waals surface area contributed by atoms with Crippen LogP contribution in [0.5, 0.6) is 11.5 Å². The second kappa shape index (κ2) is 10.7. The number of aliphatic hydroxyl groups is 1. The Hall–Kier alpha value is -4.98. The first-order valence-corrected chi connectivity index (χ1v) is 12.8. The van der Waals surface area contributed by atoms with Gasteiger partial charge in [0.05, 0.1) is 25.0 Å². The number of methoxy groups -OCH3 is 1. The summed E-state index contributed by atoms with van der Waals surface area (Å²) in [6, 6.07) is 13.7. The lowest BCUT2D eigenvalue weighted by atomic mass is 9.81. The minimum Gasteiger partial charge on any atom is -0.496 e. The number of hydrogen-bond donors (Lipinski definition) is 4. The lowest BCUT2D eigenvalue weighted by Gasteiger charge is -2.31. The van der Waals surface area contributed by atoms with E-state index >= 15 is 0 Å². The summed E-state index contributed by atoms with van der Waals surface area (Å²) in [5, 5.41) is 19.8. The van der Waals surface area contributed by atoms with E-state index in [2.05, 4.69) is 20.5 Å². The zero-order chi connectivity index (χ0) is 31.2. The Bertz CT molecular complexity index is 1710. The van der Waals surface area contributed by atoms with Crippen LogP contribution in [0.2, 0.25) is 0 Å². The number of halogens is 4. The van der Waals surface area contributed by atoms with Crippen molar-refractivity contribution >= 4 is 11.8 Å². The van der Waals surface area contributed by atoms with Crippen LogP contribution in [0.25, 0.3) is 22.5 Å². The fourth-order valence-electron chi connectivity index (χ4n) is 4.68. The largest absolute Gasteiger partial charge is 0.496 e. The van der Waals surface area contributed by atoms with E-state index < -0.39 is 47.1 Å². The fourth-order valence-corrected chi connectivity index (χ4v) is 4.68. The van der Waals surface area contributed by atoms with Crippen LogP contribution in [-0.4, -0.2) is 58.5 Å². The summed E-state index contributed by atoms with van der Waals surface area (Å²) in [6.07, 6.45) is -5.36. The van der Waals surface area contributed by atoms with Crippen LogP contribution in [0.15, 0.2) is 60.7 Å². The number of aromatic nitrogens is 3. The molecular weight excluding hydrogens is 574 g/mol. The molecule has 0 unspecified atom stereocenters. The molecule has 0 spiro atoms. The highest BCUT2D eigenvalue weighted by atomic mass is 19.4. The van der Waals surface area contributed by atoms with Gasteiger partial charge in [-0.15, -0.1) is 0 Å². The Kier molecular flexibility index (Phi) is 7.34. The first-order chi connectivity index (χ1) is 20.3. The number of nitrogens with one attached hydrogen (secondary N) is 2. The number of ether oxygens (including phenoxy) is 2. The highest BCUT2D eigenvalue weighted by Gasteiger charge is 2.57. The van der Waals surface area contributed by atoms with E-state index in [-0.39, 0.29) is 34.9 Å². The number of carbonyl (C=O) groups excluding carboxylic acids is 2. The molecule has 1 aliphatic heterocycles. The van der Waals surface area contributed by atoms with Crippen molar-refractivity contribution in [3.05, 3.63) is 83.4 Å². The number of alkyl halides is 3. The van der Waals surface area contributed by atoms with Crippen LogP contribution in [0.1, 0.15) is 28.7 Å². The molecule has 2 aromatic heterocycles. The third-order valence-corrected chi connectivity index (χ3v) is 7.34. The second-order valence-corrected chi connectivity index (χ2v) is 10.1. The topological polar surface area (TPSA) is 152 Å². The molecule has 2 amide bonds. The number of H-pyrrole nitrogens is 1. The Morgan fingerprint density at radius 3 is 2.51 bits per heavy atom. The molecule has 4 aromatic rings. The van der Waals surface area contributed by atoms with Crippen LogP contribution < -0.4 is 20.5 Å². The van der Waals surface area contributed by atoms with Crippen molar-refractivity contribution in [3.8, 4) is 34.0 Å². The SMILES string of the molecule is COc1ccccc1-c1cc(C(=O)NC[C@](O)(c2cc3c(c(-c4ccc(F)cc4)n2)OC[C@]3(C)C(N)=O)C(F)(F)F)n[nH]1. The molecule has 5 N–H and O–H groups in total. The predicted octanol–water partition coefficient (Wildman–Crippen LogP) is 3.60. The molecule has 0 radical (unpaired) electrons. The molecule has 2 aromatic carbocycles. The van der Waals surface area contributed by atoms with Gasteiger partial charge in [0.25, 0.3) is 5.91 Å². The molecule has 43 heavy (non-hydrogen) atoms. The lowest BCUT2D eigenvalue weighted by molar-refractivity contribution is -0.265. The van der Waals surface area contributed by atoms with Crippen molar-refractivity contribution < 1.29 is 41.7 Å². The van der Waals surface area contributed by atoms with Gasteiger partial charge >= 0.3 is 6.18 Å². The van der Waals surface area contributed by atoms with Crippen molar-refractivity contribution in [1.29, 1.82) is 0 Å². The molecule has 5 rings (SSSR count). The molecule has 1 aliphatic rings. The average molecular weight is 600 g/mol. The van der Waals surface area contributed by atoms with Crippen molar-refractivity contribution in [3.63, 3.8) is 0 Å². The first kappa shape index (κ1) is 29.5. The number of carbonyl (C=O) groups is 2. The highest BCUT2D eigenvalue weighted by molar-refractivity contribution is 5.93. The number of aromatic amines is 1. The molecule has 0 saturated heterocycles. The number of para-hydroxylation sites is 1. The van der Waals surface area contributed by atoms with Crippen molar-refractivity contribution in [2.75, 3.05) is 20.3 Å². The minimum absolute atomic E-state index is 0.0365. The van der Waals surface area contributed by atoms with Gasteiger partial charge in [0.2, 0.25) is 11.5 Å². The van der Waals surface area contributed by atoms with Crippen molar-refractivity contribution in [2.24, 2.45) is 5.73 Å². The first-order valence-electron chi connectivity index (χ1n) is 12.8. The number of primary amides is 1. The number of amides is 2. The Balaban J connectivity index is 1.53. The summed E-state index contributed by atoms with van der Waals surface area (Å²) in [4.78, 5) is 29.3. The minimum atomic E-state index is -5.36. The molecular formula is C29H25F4N5O5. The monoisotopic (exact) mass is 599 g/mol. The summed E-state index contributed by atoms with van der Waals surface area (Å²) in [6.45, 7) is -0.286. The molecule has 3 heterocycles. The standard InChI is InChI=1S/C29H25F4N5O5/c1-27(26(34)40)14-43-24-18(27)11-22(36-23(24)15-7-9-16(30)10-8-15)28(41,29(31,32)33)13-35-25(39)20-12-19(37-38-20)17-5-3-4-6-21(17)42-2/h3-12,41H,13-14H2,1-2H3,(H2,34,40)(H,35,39)(H,37,38)/t27-,28-/m0/s1. The molecule has 2 atom stereocenters. The van der Waals surface area contributed by atoms with Gasteiger partial charge in [0.15, 0.2) is 5.69 Å². The molecule has 0 bridgehead atoms. The molecule has 10 nitrogen and oxygen atoms in total. The second-order valence-electron chi connectivity index (χ2n) is 10.1. The maximum Gasteiger partial charge on any atom is 0.424 e. The van der Waals surface area contributed by atoms with E-state index in [0.29, 0.717) is 17.0 Å². The summed E-state index contributed by atoms with van der Waals surface area (Å²) >= 11 is 0. The Morgan fingerprint density at radius 2 is 1.86 bits per heavy atom. The quantitative estimate of drug-likeness (QED) is 0.226. The molecule has 0 fully saturated rings. The maximum absolute atomic E-state index is 14.6. The van der Waals surface area contributed by atoms with E-state index in [0.717, 1.165) is 18.2 Å². The van der Waals surface area contributed by atoms with Gasteiger partial charge in [-0.05, 0) is 55.5 Å². The summed E-state index contributed by atoms with van der Waals surface area (Å²) < 4.78 is 68.3. The Labute approximate surface area is 241 Å². The fraction of sp³-hybridized carbons (Fsp3) is 0.241. The third kappa shape index (κ3) is 5.14. The van der Waals surface area contributed by atoms with Gasteiger partial charge in [-0.3, -0.25) is 14.7 Å². The number of rotatable bonds is 8. The average Bonchev–Trinajstić information content (AvgIpc) is 3.61. The van der Waals surface area contributed by atoms with Crippen LogP contribution in [-0.2, 0) is 15.8 Å². The van der Waals surface area contributed by atoms with E-state index in [1.54, 1.807) is 24.3 Å². The number of nitrogens with two attached hydrogens (primary N) is 1. The predicted molar refractivity (Wildman–Crippen MR) is 145 cm³/mol. The normalized spacial score (nSPS) is 17.5. The number of benzene rings is 2. The van der Waals surface area contributed by atoms with E-state index in [1.165, 1.54) is 32.2 Å². The van der Waals surface area contributed by atoms with Crippen molar-refractivity contribution in [2.45, 2.75) is 24.1 Å². The zero-order valence-corrected chi connectivity index (χ0v) is 22.8. The van der Waals surface area contributed by atoms with Gasteiger partial charge in [0, 0.05) is 16.7 Å². The maximum atomic E-state index is 14.6. The van der Waals surface area contributed by atoms with E-state index in [9.17, 15) is 32.3 Å². The van der Waals surface area contributed by atoms with Crippen LogP contribution in [0.4, 0.5) is 17.6 Å². The summed E-state index contributed by atoms with van der Waals surface area (Å²) in [5.41, 5.74) is -0.0798. The van der Waals surface area contributed by atoms with Gasteiger partial charge in [0.1, 0.15) is 35.0 Å². The zero-order valence-electron chi connectivity index (χ0n) is 22.8. The van der Waals surface area contributed by atoms with Crippen LogP contribution in [0, 0.1) is 5.82 Å². The molecule has 0 saturated carbocycles. The molecule has 0 aliphatic carbocycles. The van der Waals surface area contributed by atoms with Crippen LogP contribution >= 0.6 is 0 Å².